The summed E-state index contributed by atoms with van der Waals surface area (Å²) < 4.78 is 0. The van der Waals surface area contributed by atoms with Gasteiger partial charge >= 0.3 is 0 Å². The van der Waals surface area contributed by atoms with Crippen molar-refractivity contribution in [3.8, 4) is 0 Å². The number of halogens is 1. The summed E-state index contributed by atoms with van der Waals surface area (Å²) in [6.45, 7) is 2.01. The highest BCUT2D eigenvalue weighted by molar-refractivity contribution is 6.30. The molecule has 1 N–H and O–H groups in total. The Hall–Kier alpha value is -1.82. The van der Waals surface area contributed by atoms with Gasteiger partial charge in [0.25, 0.3) is 5.69 Å². The highest BCUT2D eigenvalue weighted by Gasteiger charge is 2.17. The van der Waals surface area contributed by atoms with E-state index in [0.29, 0.717) is 23.7 Å². The van der Waals surface area contributed by atoms with Gasteiger partial charge in [-0.15, -0.1) is 0 Å². The molecule has 114 valence electrons. The van der Waals surface area contributed by atoms with Gasteiger partial charge in [0.2, 0.25) is 5.91 Å². The Morgan fingerprint density at radius 3 is 2.71 bits per heavy atom. The van der Waals surface area contributed by atoms with Crippen LogP contribution in [-0.2, 0) is 4.79 Å². The van der Waals surface area contributed by atoms with E-state index in [1.165, 1.54) is 12.5 Å². The maximum Gasteiger partial charge on any atom is 0.293 e. The molecule has 0 saturated carbocycles. The summed E-state index contributed by atoms with van der Waals surface area (Å²) in [4.78, 5) is 24.3. The van der Waals surface area contributed by atoms with E-state index in [9.17, 15) is 14.9 Å². The molecule has 2 rings (SSSR count). The molecule has 1 aliphatic heterocycles. The lowest BCUT2D eigenvalue weighted by atomic mass is 10.1. The number of hydrogen-bond donors (Lipinski definition) is 1. The maximum absolute atomic E-state index is 12.0. The smallest absolute Gasteiger partial charge is 0.293 e. The second kappa shape index (κ2) is 7.26. The van der Waals surface area contributed by atoms with Crippen molar-refractivity contribution in [1.82, 2.24) is 4.90 Å². The quantitative estimate of drug-likeness (QED) is 0.670. The molecule has 1 amide bonds. The summed E-state index contributed by atoms with van der Waals surface area (Å²) in [5.41, 5.74) is 0.309. The van der Waals surface area contributed by atoms with Crippen LogP contribution >= 0.6 is 11.6 Å². The zero-order valence-corrected chi connectivity index (χ0v) is 12.4. The second-order valence-corrected chi connectivity index (χ2v) is 5.47. The number of nitrogens with one attached hydrogen (secondary N) is 1. The molecule has 0 aliphatic carbocycles. The van der Waals surface area contributed by atoms with Crippen molar-refractivity contribution in [2.45, 2.75) is 25.7 Å². The van der Waals surface area contributed by atoms with Crippen LogP contribution in [0.1, 0.15) is 25.7 Å². The SMILES string of the molecule is O=C(CCNc1ccc(Cl)cc1[N+](=O)[O-])N1CCCCC1. The minimum atomic E-state index is -0.485. The fourth-order valence-electron chi connectivity index (χ4n) is 2.41. The number of hydrogen-bond acceptors (Lipinski definition) is 4. The highest BCUT2D eigenvalue weighted by atomic mass is 35.5. The summed E-state index contributed by atoms with van der Waals surface area (Å²) in [7, 11) is 0. The van der Waals surface area contributed by atoms with Crippen LogP contribution in [0.15, 0.2) is 18.2 Å². The van der Waals surface area contributed by atoms with Crippen LogP contribution in [0.25, 0.3) is 0 Å². The summed E-state index contributed by atoms with van der Waals surface area (Å²) in [6.07, 6.45) is 3.63. The summed E-state index contributed by atoms with van der Waals surface area (Å²) in [6, 6.07) is 4.45. The van der Waals surface area contributed by atoms with E-state index in [1.807, 2.05) is 4.90 Å². The molecule has 0 aromatic heterocycles. The fourth-order valence-corrected chi connectivity index (χ4v) is 2.58. The van der Waals surface area contributed by atoms with E-state index in [2.05, 4.69) is 5.32 Å². The van der Waals surface area contributed by atoms with E-state index in [1.54, 1.807) is 12.1 Å². The first-order chi connectivity index (χ1) is 10.1. The monoisotopic (exact) mass is 311 g/mol. The van der Waals surface area contributed by atoms with Gasteiger partial charge < -0.3 is 10.2 Å². The van der Waals surface area contributed by atoms with Gasteiger partial charge in [-0.05, 0) is 31.4 Å². The molecule has 1 saturated heterocycles. The zero-order chi connectivity index (χ0) is 15.2. The first-order valence-corrected chi connectivity index (χ1v) is 7.41. The van der Waals surface area contributed by atoms with Crippen LogP contribution in [-0.4, -0.2) is 35.4 Å². The highest BCUT2D eigenvalue weighted by Crippen LogP contribution is 2.27. The lowest BCUT2D eigenvalue weighted by molar-refractivity contribution is -0.383. The van der Waals surface area contributed by atoms with Crippen LogP contribution in [0.5, 0.6) is 0 Å². The van der Waals surface area contributed by atoms with E-state index < -0.39 is 4.92 Å². The van der Waals surface area contributed by atoms with Gasteiger partial charge in [-0.3, -0.25) is 14.9 Å². The van der Waals surface area contributed by atoms with Crippen molar-refractivity contribution in [2.24, 2.45) is 0 Å². The number of anilines is 1. The molecule has 7 heteroatoms. The third-order valence-corrected chi connectivity index (χ3v) is 3.75. The van der Waals surface area contributed by atoms with Crippen LogP contribution in [0, 0.1) is 10.1 Å². The van der Waals surface area contributed by atoms with E-state index in [-0.39, 0.29) is 11.6 Å². The summed E-state index contributed by atoms with van der Waals surface area (Å²) >= 11 is 5.75. The Morgan fingerprint density at radius 2 is 2.05 bits per heavy atom. The average molecular weight is 312 g/mol. The third-order valence-electron chi connectivity index (χ3n) is 3.52. The van der Waals surface area contributed by atoms with Crippen LogP contribution in [0.2, 0.25) is 5.02 Å². The van der Waals surface area contributed by atoms with Crippen molar-refractivity contribution >= 4 is 28.9 Å². The lowest BCUT2D eigenvalue weighted by Crippen LogP contribution is -2.36. The number of nitro groups is 1. The predicted octanol–water partition coefficient (Wildman–Crippen LogP) is 3.06. The largest absolute Gasteiger partial charge is 0.379 e. The molecule has 1 aliphatic rings. The summed E-state index contributed by atoms with van der Waals surface area (Å²) in [5, 5.41) is 14.2. The minimum Gasteiger partial charge on any atom is -0.379 e. The number of benzene rings is 1. The number of carbonyl (C=O) groups is 1. The fraction of sp³-hybridized carbons (Fsp3) is 0.500. The van der Waals surface area contributed by atoms with Crippen molar-refractivity contribution in [3.05, 3.63) is 33.3 Å². The second-order valence-electron chi connectivity index (χ2n) is 5.04. The van der Waals surface area contributed by atoms with Crippen LogP contribution in [0.3, 0.4) is 0 Å². The molecule has 6 nitrogen and oxygen atoms in total. The molecule has 0 spiro atoms. The topological polar surface area (TPSA) is 75.5 Å². The van der Waals surface area contributed by atoms with Crippen molar-refractivity contribution in [3.63, 3.8) is 0 Å². The molecule has 0 bridgehead atoms. The number of nitro benzene ring substituents is 1. The van der Waals surface area contributed by atoms with Gasteiger partial charge in [0.15, 0.2) is 0 Å². The molecule has 21 heavy (non-hydrogen) atoms. The Labute approximate surface area is 128 Å². The molecular formula is C14H18ClN3O3. The average Bonchev–Trinajstić information content (AvgIpc) is 2.49. The standard InChI is InChI=1S/C14H18ClN3O3/c15-11-4-5-12(13(10-11)18(20)21)16-7-6-14(19)17-8-2-1-3-9-17/h4-5,10,16H,1-3,6-9H2. The van der Waals surface area contributed by atoms with Gasteiger partial charge in [-0.2, -0.15) is 0 Å². The van der Waals surface area contributed by atoms with Gasteiger partial charge in [-0.1, -0.05) is 11.6 Å². The van der Waals surface area contributed by atoms with E-state index in [4.69, 9.17) is 11.6 Å². The zero-order valence-electron chi connectivity index (χ0n) is 11.7. The Morgan fingerprint density at radius 1 is 1.33 bits per heavy atom. The number of rotatable bonds is 5. The molecule has 1 aromatic carbocycles. The third kappa shape index (κ3) is 4.32. The number of nitrogens with zero attached hydrogens (tertiary/aromatic N) is 2. The molecule has 0 radical (unpaired) electrons. The van der Waals surface area contributed by atoms with Crippen molar-refractivity contribution in [1.29, 1.82) is 0 Å². The number of piperidine rings is 1. The number of carbonyl (C=O) groups excluding carboxylic acids is 1. The van der Waals surface area contributed by atoms with Gasteiger partial charge in [-0.25, -0.2) is 0 Å². The van der Waals surface area contributed by atoms with Crippen LogP contribution in [0.4, 0.5) is 11.4 Å². The molecule has 1 heterocycles. The predicted molar refractivity (Wildman–Crippen MR) is 81.6 cm³/mol. The molecule has 1 aromatic rings. The molecule has 0 unspecified atom stereocenters. The number of likely N-dealkylation sites (tertiary alicyclic amines) is 1. The van der Waals surface area contributed by atoms with Crippen LogP contribution < -0.4 is 5.32 Å². The van der Waals surface area contributed by atoms with Gasteiger partial charge in [0.1, 0.15) is 5.69 Å². The van der Waals surface area contributed by atoms with E-state index >= 15 is 0 Å². The van der Waals surface area contributed by atoms with E-state index in [0.717, 1.165) is 25.9 Å². The minimum absolute atomic E-state index is 0.0760. The number of amides is 1. The lowest BCUT2D eigenvalue weighted by Gasteiger charge is -2.26. The molecule has 1 fully saturated rings. The van der Waals surface area contributed by atoms with Gasteiger partial charge in [0.05, 0.1) is 4.92 Å². The Kier molecular flexibility index (Phi) is 5.38. The Balaban J connectivity index is 1.88. The first kappa shape index (κ1) is 15.6. The molecule has 0 atom stereocenters. The van der Waals surface area contributed by atoms with Gasteiger partial charge in [0, 0.05) is 37.1 Å². The molecular weight excluding hydrogens is 294 g/mol. The first-order valence-electron chi connectivity index (χ1n) is 7.03. The maximum atomic E-state index is 12.0. The normalized spacial score (nSPS) is 14.8. The Bertz CT molecular complexity index is 530. The van der Waals surface area contributed by atoms with Crippen molar-refractivity contribution < 1.29 is 9.72 Å². The summed E-state index contributed by atoms with van der Waals surface area (Å²) in [5.74, 6) is 0.0961. The van der Waals surface area contributed by atoms with Crippen molar-refractivity contribution in [2.75, 3.05) is 25.0 Å².